The molecule has 0 aliphatic heterocycles. The van der Waals surface area contributed by atoms with Crippen LogP contribution in [0.15, 0.2) is 48.5 Å². The van der Waals surface area contributed by atoms with E-state index in [1.807, 2.05) is 0 Å². The van der Waals surface area contributed by atoms with Gasteiger partial charge in [0, 0.05) is 10.6 Å². The minimum atomic E-state index is -4.48. The SMILES string of the molecule is O=C(NCCOc1ccc(Cl)cc1)c1cccc(C(F)(F)F)c1. The maximum atomic E-state index is 12.6. The van der Waals surface area contributed by atoms with Gasteiger partial charge < -0.3 is 10.1 Å². The Balaban J connectivity index is 1.84. The molecule has 7 heteroatoms. The summed E-state index contributed by atoms with van der Waals surface area (Å²) in [6.07, 6.45) is -4.48. The average Bonchev–Trinajstić information content (AvgIpc) is 2.52. The maximum Gasteiger partial charge on any atom is 0.416 e. The molecule has 0 radical (unpaired) electrons. The summed E-state index contributed by atoms with van der Waals surface area (Å²) in [5, 5.41) is 3.08. The Hall–Kier alpha value is -2.21. The molecule has 122 valence electrons. The molecule has 23 heavy (non-hydrogen) atoms. The highest BCUT2D eigenvalue weighted by molar-refractivity contribution is 6.30. The molecule has 0 heterocycles. The zero-order valence-corrected chi connectivity index (χ0v) is 12.6. The first-order chi connectivity index (χ1) is 10.9. The molecule has 0 aliphatic rings. The van der Waals surface area contributed by atoms with Gasteiger partial charge in [0.15, 0.2) is 0 Å². The van der Waals surface area contributed by atoms with E-state index >= 15 is 0 Å². The smallest absolute Gasteiger partial charge is 0.416 e. The van der Waals surface area contributed by atoms with Gasteiger partial charge >= 0.3 is 6.18 Å². The van der Waals surface area contributed by atoms with Gasteiger partial charge in [-0.25, -0.2) is 0 Å². The first kappa shape index (κ1) is 17.1. The molecule has 0 unspecified atom stereocenters. The number of carbonyl (C=O) groups excluding carboxylic acids is 1. The van der Waals surface area contributed by atoms with Crippen LogP contribution in [-0.4, -0.2) is 19.1 Å². The fourth-order valence-corrected chi connectivity index (χ4v) is 1.93. The minimum Gasteiger partial charge on any atom is -0.492 e. The number of carbonyl (C=O) groups is 1. The van der Waals surface area contributed by atoms with Crippen LogP contribution in [-0.2, 0) is 6.18 Å². The van der Waals surface area contributed by atoms with Crippen molar-refractivity contribution in [2.75, 3.05) is 13.2 Å². The predicted octanol–water partition coefficient (Wildman–Crippen LogP) is 4.17. The summed E-state index contributed by atoms with van der Waals surface area (Å²) in [5.41, 5.74) is -0.908. The molecule has 0 atom stereocenters. The van der Waals surface area contributed by atoms with Gasteiger partial charge in [-0.05, 0) is 42.5 Å². The lowest BCUT2D eigenvalue weighted by Crippen LogP contribution is -2.28. The van der Waals surface area contributed by atoms with Gasteiger partial charge in [0.2, 0.25) is 0 Å². The van der Waals surface area contributed by atoms with Crippen molar-refractivity contribution in [3.8, 4) is 5.75 Å². The lowest BCUT2D eigenvalue weighted by molar-refractivity contribution is -0.137. The summed E-state index contributed by atoms with van der Waals surface area (Å²) in [6, 6.07) is 10.9. The summed E-state index contributed by atoms with van der Waals surface area (Å²) >= 11 is 5.73. The summed E-state index contributed by atoms with van der Waals surface area (Å²) in [6.45, 7) is 0.351. The summed E-state index contributed by atoms with van der Waals surface area (Å²) < 4.78 is 43.2. The van der Waals surface area contributed by atoms with E-state index in [0.29, 0.717) is 10.8 Å². The highest BCUT2D eigenvalue weighted by Crippen LogP contribution is 2.29. The van der Waals surface area contributed by atoms with Crippen molar-refractivity contribution in [1.82, 2.24) is 5.32 Å². The Morgan fingerprint density at radius 3 is 2.48 bits per heavy atom. The Kier molecular flexibility index (Phi) is 5.50. The molecule has 0 fully saturated rings. The third-order valence-corrected chi connectivity index (χ3v) is 3.17. The number of halogens is 4. The molecule has 1 amide bonds. The van der Waals surface area contributed by atoms with Gasteiger partial charge in [0.25, 0.3) is 5.91 Å². The van der Waals surface area contributed by atoms with Crippen molar-refractivity contribution in [3.63, 3.8) is 0 Å². The van der Waals surface area contributed by atoms with Crippen LogP contribution >= 0.6 is 11.6 Å². The van der Waals surface area contributed by atoms with E-state index in [0.717, 1.165) is 12.1 Å². The standard InChI is InChI=1S/C16H13ClF3NO2/c17-13-4-6-14(7-5-13)23-9-8-21-15(22)11-2-1-3-12(10-11)16(18,19)20/h1-7,10H,8-9H2,(H,21,22). The van der Waals surface area contributed by atoms with Crippen LogP contribution in [0, 0.1) is 0 Å². The Morgan fingerprint density at radius 1 is 1.13 bits per heavy atom. The molecule has 3 nitrogen and oxygen atoms in total. The van der Waals surface area contributed by atoms with Gasteiger partial charge in [-0.15, -0.1) is 0 Å². The van der Waals surface area contributed by atoms with E-state index in [4.69, 9.17) is 16.3 Å². The molecule has 0 spiro atoms. The number of benzene rings is 2. The van der Waals surface area contributed by atoms with E-state index in [2.05, 4.69) is 5.32 Å². The van der Waals surface area contributed by atoms with Crippen LogP contribution in [0.4, 0.5) is 13.2 Å². The summed E-state index contributed by atoms with van der Waals surface area (Å²) in [4.78, 5) is 11.8. The van der Waals surface area contributed by atoms with Crippen molar-refractivity contribution in [2.45, 2.75) is 6.18 Å². The number of hydrogen-bond donors (Lipinski definition) is 1. The lowest BCUT2D eigenvalue weighted by atomic mass is 10.1. The number of ether oxygens (including phenoxy) is 1. The average molecular weight is 344 g/mol. The second-order valence-electron chi connectivity index (χ2n) is 4.64. The van der Waals surface area contributed by atoms with Gasteiger partial charge in [0.1, 0.15) is 12.4 Å². The molecule has 2 rings (SSSR count). The van der Waals surface area contributed by atoms with Crippen molar-refractivity contribution >= 4 is 17.5 Å². The molecule has 0 saturated carbocycles. The number of hydrogen-bond acceptors (Lipinski definition) is 2. The largest absolute Gasteiger partial charge is 0.492 e. The van der Waals surface area contributed by atoms with E-state index in [-0.39, 0.29) is 18.7 Å². The monoisotopic (exact) mass is 343 g/mol. The molecule has 2 aromatic carbocycles. The third-order valence-electron chi connectivity index (χ3n) is 2.92. The number of nitrogens with one attached hydrogen (secondary N) is 1. The zero-order valence-electron chi connectivity index (χ0n) is 11.9. The first-order valence-electron chi connectivity index (χ1n) is 6.70. The number of rotatable bonds is 5. The number of alkyl halides is 3. The van der Waals surface area contributed by atoms with E-state index in [9.17, 15) is 18.0 Å². The van der Waals surface area contributed by atoms with Crippen LogP contribution < -0.4 is 10.1 Å². The maximum absolute atomic E-state index is 12.6. The van der Waals surface area contributed by atoms with Crippen LogP contribution in [0.1, 0.15) is 15.9 Å². The van der Waals surface area contributed by atoms with E-state index in [1.54, 1.807) is 24.3 Å². The second kappa shape index (κ2) is 7.37. The fraction of sp³-hybridized carbons (Fsp3) is 0.188. The molecule has 0 aliphatic carbocycles. The highest BCUT2D eigenvalue weighted by Gasteiger charge is 2.30. The Labute approximate surface area is 136 Å². The molecular weight excluding hydrogens is 331 g/mol. The third kappa shape index (κ3) is 5.17. The lowest BCUT2D eigenvalue weighted by Gasteiger charge is -2.10. The minimum absolute atomic E-state index is 0.0497. The van der Waals surface area contributed by atoms with Gasteiger partial charge in [-0.2, -0.15) is 13.2 Å². The molecule has 0 bridgehead atoms. The van der Waals surface area contributed by atoms with Crippen LogP contribution in [0.5, 0.6) is 5.75 Å². The molecule has 0 aromatic heterocycles. The Bertz CT molecular complexity index is 672. The molecule has 1 N–H and O–H groups in total. The topological polar surface area (TPSA) is 38.3 Å². The zero-order chi connectivity index (χ0) is 16.9. The summed E-state index contributed by atoms with van der Waals surface area (Å²) in [5.74, 6) is -0.00137. The Morgan fingerprint density at radius 2 is 1.83 bits per heavy atom. The molecule has 0 saturated heterocycles. The van der Waals surface area contributed by atoms with Crippen LogP contribution in [0.2, 0.25) is 5.02 Å². The van der Waals surface area contributed by atoms with Crippen LogP contribution in [0.3, 0.4) is 0 Å². The van der Waals surface area contributed by atoms with Crippen molar-refractivity contribution < 1.29 is 22.7 Å². The van der Waals surface area contributed by atoms with Crippen molar-refractivity contribution in [1.29, 1.82) is 0 Å². The highest BCUT2D eigenvalue weighted by atomic mass is 35.5. The predicted molar refractivity (Wildman–Crippen MR) is 80.7 cm³/mol. The summed E-state index contributed by atoms with van der Waals surface area (Å²) in [7, 11) is 0. The van der Waals surface area contributed by atoms with E-state index < -0.39 is 17.6 Å². The van der Waals surface area contributed by atoms with Gasteiger partial charge in [0.05, 0.1) is 12.1 Å². The fourth-order valence-electron chi connectivity index (χ4n) is 1.80. The normalized spacial score (nSPS) is 11.1. The first-order valence-corrected chi connectivity index (χ1v) is 7.08. The van der Waals surface area contributed by atoms with Crippen LogP contribution in [0.25, 0.3) is 0 Å². The van der Waals surface area contributed by atoms with Gasteiger partial charge in [-0.3, -0.25) is 4.79 Å². The number of amides is 1. The van der Waals surface area contributed by atoms with Gasteiger partial charge in [-0.1, -0.05) is 17.7 Å². The van der Waals surface area contributed by atoms with Crippen molar-refractivity contribution in [2.24, 2.45) is 0 Å². The molecule has 2 aromatic rings. The second-order valence-corrected chi connectivity index (χ2v) is 5.07. The molecular formula is C16H13ClF3NO2. The quantitative estimate of drug-likeness (QED) is 0.828. The van der Waals surface area contributed by atoms with Crippen molar-refractivity contribution in [3.05, 3.63) is 64.7 Å². The van der Waals surface area contributed by atoms with E-state index in [1.165, 1.54) is 12.1 Å².